The maximum Gasteiger partial charge on any atom is 0.256 e. The Morgan fingerprint density at radius 1 is 1.53 bits per heavy atom. The molecule has 0 saturated heterocycles. The number of halogens is 1. The molecule has 0 spiro atoms. The van der Waals surface area contributed by atoms with Crippen LogP contribution in [0.3, 0.4) is 0 Å². The molecule has 0 saturated carbocycles. The first kappa shape index (κ1) is 11.2. The van der Waals surface area contributed by atoms with Crippen molar-refractivity contribution in [1.82, 2.24) is 4.98 Å². The van der Waals surface area contributed by atoms with Crippen LogP contribution in [0.1, 0.15) is 17.0 Å². The van der Waals surface area contributed by atoms with Gasteiger partial charge in [-0.25, -0.2) is 4.98 Å². The summed E-state index contributed by atoms with van der Waals surface area (Å²) in [5.74, 6) is 1.80. The van der Waals surface area contributed by atoms with Gasteiger partial charge >= 0.3 is 0 Å². The highest BCUT2D eigenvalue weighted by atomic mass is 79.9. The summed E-state index contributed by atoms with van der Waals surface area (Å²) in [6.45, 7) is 3.90. The van der Waals surface area contributed by atoms with E-state index >= 15 is 0 Å². The Labute approximate surface area is 105 Å². The van der Waals surface area contributed by atoms with Crippen LogP contribution in [-0.4, -0.2) is 4.98 Å². The van der Waals surface area contributed by atoms with Gasteiger partial charge in [0, 0.05) is 5.75 Å². The summed E-state index contributed by atoms with van der Waals surface area (Å²) >= 11 is 6.84. The molecule has 80 valence electrons. The number of thioether (sulfide) groups is 1. The van der Waals surface area contributed by atoms with E-state index in [9.17, 15) is 0 Å². The van der Waals surface area contributed by atoms with Crippen LogP contribution in [0.5, 0.6) is 0 Å². The third-order valence-corrected chi connectivity index (χ3v) is 4.74. The van der Waals surface area contributed by atoms with Crippen LogP contribution < -0.4 is 0 Å². The van der Waals surface area contributed by atoms with Crippen LogP contribution in [0, 0.1) is 13.8 Å². The van der Waals surface area contributed by atoms with Crippen LogP contribution in [-0.2, 0) is 5.75 Å². The van der Waals surface area contributed by atoms with Crippen molar-refractivity contribution in [2.75, 3.05) is 0 Å². The summed E-state index contributed by atoms with van der Waals surface area (Å²) in [5, 5.41) is 2.83. The lowest BCUT2D eigenvalue weighted by atomic mass is 10.4. The van der Waals surface area contributed by atoms with Gasteiger partial charge in [0.05, 0.1) is 9.48 Å². The van der Waals surface area contributed by atoms with Gasteiger partial charge in [-0.05, 0) is 46.8 Å². The molecule has 15 heavy (non-hydrogen) atoms. The van der Waals surface area contributed by atoms with E-state index < -0.39 is 0 Å². The molecule has 2 heterocycles. The maximum atomic E-state index is 5.49. The first-order valence-electron chi connectivity index (χ1n) is 4.45. The highest BCUT2D eigenvalue weighted by molar-refractivity contribution is 9.11. The van der Waals surface area contributed by atoms with Gasteiger partial charge in [-0.2, -0.15) is 0 Å². The summed E-state index contributed by atoms with van der Waals surface area (Å²) in [6, 6.07) is 2.12. The van der Waals surface area contributed by atoms with E-state index in [1.807, 2.05) is 13.8 Å². The average molecular weight is 304 g/mol. The molecule has 0 aromatic carbocycles. The Morgan fingerprint density at radius 2 is 2.33 bits per heavy atom. The fraction of sp³-hybridized carbons (Fsp3) is 0.300. The van der Waals surface area contributed by atoms with Gasteiger partial charge in [-0.15, -0.1) is 11.3 Å². The Balaban J connectivity index is 2.02. The molecule has 0 aliphatic heterocycles. The second kappa shape index (κ2) is 4.72. The summed E-state index contributed by atoms with van der Waals surface area (Å²) < 4.78 is 6.68. The topological polar surface area (TPSA) is 26.0 Å². The molecular formula is C10H10BrNOS2. The van der Waals surface area contributed by atoms with Crippen LogP contribution in [0.15, 0.2) is 24.9 Å². The van der Waals surface area contributed by atoms with Crippen molar-refractivity contribution in [2.45, 2.75) is 24.8 Å². The lowest BCUT2D eigenvalue weighted by Crippen LogP contribution is -1.77. The number of thiophene rings is 1. The zero-order valence-electron chi connectivity index (χ0n) is 8.41. The molecule has 0 bridgehead atoms. The average Bonchev–Trinajstić information content (AvgIpc) is 2.72. The summed E-state index contributed by atoms with van der Waals surface area (Å²) in [5.41, 5.74) is 2.26. The van der Waals surface area contributed by atoms with Crippen molar-refractivity contribution in [1.29, 1.82) is 0 Å². The number of rotatable bonds is 3. The van der Waals surface area contributed by atoms with Crippen molar-refractivity contribution >= 4 is 39.0 Å². The largest absolute Gasteiger partial charge is 0.437 e. The summed E-state index contributed by atoms with van der Waals surface area (Å²) in [4.78, 5) is 4.32. The molecule has 2 aromatic heterocycles. The van der Waals surface area contributed by atoms with E-state index in [0.717, 1.165) is 22.4 Å². The lowest BCUT2D eigenvalue weighted by Gasteiger charge is -1.94. The molecule has 0 fully saturated rings. The molecule has 0 radical (unpaired) electrons. The maximum absolute atomic E-state index is 5.49. The van der Waals surface area contributed by atoms with Crippen molar-refractivity contribution in [3.63, 3.8) is 0 Å². The quantitative estimate of drug-likeness (QED) is 0.786. The van der Waals surface area contributed by atoms with E-state index in [1.165, 1.54) is 9.35 Å². The fourth-order valence-electron chi connectivity index (χ4n) is 1.07. The number of oxazole rings is 1. The van der Waals surface area contributed by atoms with E-state index in [1.54, 1.807) is 23.1 Å². The minimum absolute atomic E-state index is 0.753. The Bertz CT molecular complexity index is 444. The molecule has 0 aliphatic carbocycles. The van der Waals surface area contributed by atoms with E-state index in [0.29, 0.717) is 0 Å². The summed E-state index contributed by atoms with van der Waals surface area (Å²) in [6.07, 6.45) is 0. The molecule has 0 amide bonds. The normalized spacial score (nSPS) is 10.9. The molecule has 0 atom stereocenters. The van der Waals surface area contributed by atoms with Crippen molar-refractivity contribution in [2.24, 2.45) is 0 Å². The Kier molecular flexibility index (Phi) is 3.53. The number of aryl methyl sites for hydroxylation is 2. The number of aromatic nitrogens is 1. The predicted octanol–water partition coefficient (Wildman–Crippen LogP) is 4.41. The van der Waals surface area contributed by atoms with E-state index in [-0.39, 0.29) is 0 Å². The Hall–Kier alpha value is -0.260. The van der Waals surface area contributed by atoms with Crippen LogP contribution >= 0.6 is 39.0 Å². The molecular weight excluding hydrogens is 294 g/mol. The van der Waals surface area contributed by atoms with Crippen LogP contribution in [0.4, 0.5) is 0 Å². The van der Waals surface area contributed by atoms with Crippen molar-refractivity contribution in [3.8, 4) is 0 Å². The van der Waals surface area contributed by atoms with E-state index in [4.69, 9.17) is 4.42 Å². The fourth-order valence-corrected chi connectivity index (χ4v) is 3.49. The highest BCUT2D eigenvalue weighted by Crippen LogP contribution is 2.30. The SMILES string of the molecule is Cc1nc(SCc2ccsc2Br)oc1C. The molecule has 2 rings (SSSR count). The Morgan fingerprint density at radius 3 is 2.87 bits per heavy atom. The molecule has 0 aliphatic rings. The first-order valence-corrected chi connectivity index (χ1v) is 7.11. The minimum atomic E-state index is 0.753. The monoisotopic (exact) mass is 303 g/mol. The lowest BCUT2D eigenvalue weighted by molar-refractivity contribution is 0.431. The minimum Gasteiger partial charge on any atom is -0.437 e. The van der Waals surface area contributed by atoms with Gasteiger partial charge in [0.15, 0.2) is 0 Å². The van der Waals surface area contributed by atoms with Gasteiger partial charge in [0.2, 0.25) is 0 Å². The molecule has 0 N–H and O–H groups in total. The molecule has 2 aromatic rings. The van der Waals surface area contributed by atoms with Gasteiger partial charge < -0.3 is 4.42 Å². The van der Waals surface area contributed by atoms with Crippen molar-refractivity contribution < 1.29 is 4.42 Å². The van der Waals surface area contributed by atoms with Crippen molar-refractivity contribution in [3.05, 3.63) is 32.3 Å². The van der Waals surface area contributed by atoms with Gasteiger partial charge in [-0.3, -0.25) is 0 Å². The third kappa shape index (κ3) is 2.65. The predicted molar refractivity (Wildman–Crippen MR) is 67.6 cm³/mol. The zero-order chi connectivity index (χ0) is 10.8. The standard InChI is InChI=1S/C10H10BrNOS2/c1-6-7(2)13-10(12-6)15-5-8-3-4-14-9(8)11/h3-4H,5H2,1-2H3. The van der Waals surface area contributed by atoms with Gasteiger partial charge in [0.25, 0.3) is 5.22 Å². The second-order valence-corrected chi connectivity index (χ2v) is 6.29. The van der Waals surface area contributed by atoms with Gasteiger partial charge in [0.1, 0.15) is 5.76 Å². The molecule has 5 heteroatoms. The smallest absolute Gasteiger partial charge is 0.256 e. The molecule has 0 unspecified atom stereocenters. The zero-order valence-corrected chi connectivity index (χ0v) is 11.6. The first-order chi connectivity index (χ1) is 7.16. The number of hydrogen-bond donors (Lipinski definition) is 0. The highest BCUT2D eigenvalue weighted by Gasteiger charge is 2.08. The molecule has 2 nitrogen and oxygen atoms in total. The van der Waals surface area contributed by atoms with Crippen LogP contribution in [0.2, 0.25) is 0 Å². The number of nitrogens with zero attached hydrogens (tertiary/aromatic N) is 1. The van der Waals surface area contributed by atoms with E-state index in [2.05, 4.69) is 32.4 Å². The summed E-state index contributed by atoms with van der Waals surface area (Å²) in [7, 11) is 0. The second-order valence-electron chi connectivity index (χ2n) is 3.13. The van der Waals surface area contributed by atoms with Gasteiger partial charge in [-0.1, -0.05) is 11.8 Å². The van der Waals surface area contributed by atoms with Crippen LogP contribution in [0.25, 0.3) is 0 Å². The number of hydrogen-bond acceptors (Lipinski definition) is 4. The third-order valence-electron chi connectivity index (χ3n) is 2.05.